The van der Waals surface area contributed by atoms with Gasteiger partial charge in [0.15, 0.2) is 24.1 Å². The molecule has 2 aromatic rings. The average Bonchev–Trinajstić information content (AvgIpc) is 2.97. The molecule has 0 aliphatic rings. The van der Waals surface area contributed by atoms with Gasteiger partial charge in [0, 0.05) is 0 Å². The minimum Gasteiger partial charge on any atom is -0.455 e. The first-order chi connectivity index (χ1) is 7.74. The van der Waals surface area contributed by atoms with Crippen molar-refractivity contribution in [2.45, 2.75) is 0 Å². The van der Waals surface area contributed by atoms with Gasteiger partial charge in [-0.25, -0.2) is 0 Å². The van der Waals surface area contributed by atoms with Crippen molar-refractivity contribution < 1.29 is 23.5 Å². The number of rotatable bonds is 4. The Hall–Kier alpha value is -2.14. The molecule has 0 saturated carbocycles. The number of hydrogen-bond acceptors (Lipinski definition) is 5. The Morgan fingerprint density at radius 2 is 1.38 bits per heavy atom. The molecule has 5 heteroatoms. The van der Waals surface area contributed by atoms with E-state index in [0.717, 1.165) is 0 Å². The summed E-state index contributed by atoms with van der Waals surface area (Å²) in [6, 6.07) is 5.70. The van der Waals surface area contributed by atoms with E-state index in [9.17, 15) is 14.7 Å². The van der Waals surface area contributed by atoms with Gasteiger partial charge in [-0.05, 0) is 24.3 Å². The van der Waals surface area contributed by atoms with E-state index in [0.29, 0.717) is 12.6 Å². The second kappa shape index (κ2) is 4.16. The van der Waals surface area contributed by atoms with Crippen molar-refractivity contribution in [1.82, 2.24) is 0 Å². The molecule has 0 unspecified atom stereocenters. The van der Waals surface area contributed by atoms with Crippen molar-refractivity contribution in [3.8, 4) is 0 Å². The standard InChI is InChI=1S/C11H7O5/c12-5-7-1-3-9(15-7)11(14)10-4-2-8(6-13)16-10/h1-6,14H. The normalized spacial score (nSPS) is 10.6. The lowest BCUT2D eigenvalue weighted by molar-refractivity contribution is 0.109. The number of aldehydes is 2. The largest absolute Gasteiger partial charge is 0.455 e. The summed E-state index contributed by atoms with van der Waals surface area (Å²) >= 11 is 0. The second-order valence-corrected chi connectivity index (χ2v) is 2.99. The summed E-state index contributed by atoms with van der Waals surface area (Å²) in [5, 5.41) is 9.71. The van der Waals surface area contributed by atoms with Crippen LogP contribution in [-0.2, 0) is 0 Å². The molecule has 2 aromatic heterocycles. The summed E-state index contributed by atoms with van der Waals surface area (Å²) in [6.07, 6.45) is 0.784. The molecule has 0 fully saturated rings. The lowest BCUT2D eigenvalue weighted by Crippen LogP contribution is -1.96. The molecule has 5 nitrogen and oxygen atoms in total. The fraction of sp³-hybridized carbons (Fsp3) is 0. The van der Waals surface area contributed by atoms with Crippen molar-refractivity contribution in [2.24, 2.45) is 0 Å². The van der Waals surface area contributed by atoms with Crippen molar-refractivity contribution >= 4 is 12.6 Å². The van der Waals surface area contributed by atoms with E-state index in [1.54, 1.807) is 0 Å². The third kappa shape index (κ3) is 1.80. The second-order valence-electron chi connectivity index (χ2n) is 2.99. The average molecular weight is 219 g/mol. The molecular formula is C11H7O5. The van der Waals surface area contributed by atoms with Gasteiger partial charge >= 0.3 is 0 Å². The molecule has 0 aliphatic heterocycles. The molecule has 0 atom stereocenters. The number of carbonyl (C=O) groups is 2. The van der Waals surface area contributed by atoms with Gasteiger partial charge in [0.25, 0.3) is 0 Å². The zero-order chi connectivity index (χ0) is 11.5. The van der Waals surface area contributed by atoms with Crippen molar-refractivity contribution in [3.63, 3.8) is 0 Å². The first-order valence-corrected chi connectivity index (χ1v) is 4.41. The maximum absolute atomic E-state index is 10.4. The van der Waals surface area contributed by atoms with E-state index < -0.39 is 0 Å². The number of aliphatic hydroxyl groups is 1. The topological polar surface area (TPSA) is 80.6 Å². The van der Waals surface area contributed by atoms with Gasteiger partial charge in [-0.3, -0.25) is 9.59 Å². The molecule has 0 aliphatic carbocycles. The van der Waals surface area contributed by atoms with Crippen molar-refractivity contribution in [3.05, 3.63) is 53.4 Å². The summed E-state index contributed by atoms with van der Waals surface area (Å²) in [5.74, 6) is 0.412. The molecule has 0 bridgehead atoms. The molecule has 1 radical (unpaired) electrons. The van der Waals surface area contributed by atoms with Gasteiger partial charge in [0.1, 0.15) is 11.5 Å². The highest BCUT2D eigenvalue weighted by atomic mass is 16.4. The van der Waals surface area contributed by atoms with Gasteiger partial charge in [-0.15, -0.1) is 0 Å². The maximum atomic E-state index is 10.4. The van der Waals surface area contributed by atoms with Crippen LogP contribution >= 0.6 is 0 Å². The number of carbonyl (C=O) groups excluding carboxylic acids is 2. The summed E-state index contributed by atoms with van der Waals surface area (Å²) < 4.78 is 9.98. The van der Waals surface area contributed by atoms with E-state index in [4.69, 9.17) is 8.83 Å². The van der Waals surface area contributed by atoms with Gasteiger partial charge in [-0.2, -0.15) is 0 Å². The first kappa shape index (κ1) is 10.4. The summed E-state index contributed by atoms with van der Waals surface area (Å²) in [6.45, 7) is 0. The van der Waals surface area contributed by atoms with Gasteiger partial charge < -0.3 is 13.9 Å². The predicted molar refractivity (Wildman–Crippen MR) is 51.6 cm³/mol. The molecule has 1 N–H and O–H groups in total. The van der Waals surface area contributed by atoms with Crippen LogP contribution in [-0.4, -0.2) is 17.7 Å². The number of hydrogen-bond donors (Lipinski definition) is 1. The molecule has 81 valence electrons. The van der Waals surface area contributed by atoms with E-state index >= 15 is 0 Å². The van der Waals surface area contributed by atoms with Crippen LogP contribution < -0.4 is 0 Å². The molecule has 0 amide bonds. The number of furan rings is 2. The van der Waals surface area contributed by atoms with Crippen LogP contribution in [0.4, 0.5) is 0 Å². The molecule has 16 heavy (non-hydrogen) atoms. The first-order valence-electron chi connectivity index (χ1n) is 4.41. The van der Waals surface area contributed by atoms with Gasteiger partial charge in [-0.1, -0.05) is 0 Å². The van der Waals surface area contributed by atoms with Crippen LogP contribution in [0.15, 0.2) is 33.1 Å². The summed E-state index contributed by atoms with van der Waals surface area (Å²) in [5.41, 5.74) is 0. The van der Waals surface area contributed by atoms with Gasteiger partial charge in [0.2, 0.25) is 6.10 Å². The lowest BCUT2D eigenvalue weighted by Gasteiger charge is -2.01. The van der Waals surface area contributed by atoms with Crippen LogP contribution in [0.25, 0.3) is 0 Å². The Balaban J connectivity index is 2.26. The molecule has 0 saturated heterocycles. The minimum absolute atomic E-state index is 0.101. The van der Waals surface area contributed by atoms with E-state index in [1.807, 2.05) is 0 Å². The molecule has 2 rings (SSSR count). The zero-order valence-corrected chi connectivity index (χ0v) is 8.04. The van der Waals surface area contributed by atoms with Crippen molar-refractivity contribution in [1.29, 1.82) is 0 Å². The van der Waals surface area contributed by atoms with Crippen LogP contribution in [0.2, 0.25) is 0 Å². The van der Waals surface area contributed by atoms with Gasteiger partial charge in [0.05, 0.1) is 0 Å². The fourth-order valence-electron chi connectivity index (χ4n) is 1.21. The minimum atomic E-state index is -0.263. The van der Waals surface area contributed by atoms with E-state index in [2.05, 4.69) is 0 Å². The van der Waals surface area contributed by atoms with Crippen molar-refractivity contribution in [2.75, 3.05) is 0 Å². The Labute approximate surface area is 90.3 Å². The van der Waals surface area contributed by atoms with Crippen LogP contribution in [0.1, 0.15) is 32.6 Å². The quantitative estimate of drug-likeness (QED) is 0.793. The molecule has 0 spiro atoms. The smallest absolute Gasteiger partial charge is 0.224 e. The number of aliphatic hydroxyl groups excluding tert-OH is 1. The highest BCUT2D eigenvalue weighted by Crippen LogP contribution is 2.23. The molecular weight excluding hydrogens is 212 g/mol. The lowest BCUT2D eigenvalue weighted by atomic mass is 10.2. The highest BCUT2D eigenvalue weighted by molar-refractivity contribution is 5.71. The fourth-order valence-corrected chi connectivity index (χ4v) is 1.21. The predicted octanol–water partition coefficient (Wildman–Crippen LogP) is 1.80. The monoisotopic (exact) mass is 219 g/mol. The Morgan fingerprint density at radius 3 is 1.69 bits per heavy atom. The van der Waals surface area contributed by atoms with E-state index in [-0.39, 0.29) is 29.1 Å². The summed E-state index contributed by atoms with van der Waals surface area (Å²) in [4.78, 5) is 20.7. The highest BCUT2D eigenvalue weighted by Gasteiger charge is 2.20. The third-order valence-electron chi connectivity index (χ3n) is 1.95. The van der Waals surface area contributed by atoms with E-state index in [1.165, 1.54) is 24.3 Å². The zero-order valence-electron chi connectivity index (χ0n) is 8.04. The molecule has 2 heterocycles. The van der Waals surface area contributed by atoms with Crippen LogP contribution in [0.5, 0.6) is 0 Å². The SMILES string of the molecule is O=Cc1ccc([C](O)c2ccc(C=O)o2)o1. The van der Waals surface area contributed by atoms with Crippen LogP contribution in [0, 0.1) is 6.10 Å². The van der Waals surface area contributed by atoms with Crippen LogP contribution in [0.3, 0.4) is 0 Å². The third-order valence-corrected chi connectivity index (χ3v) is 1.95. The maximum Gasteiger partial charge on any atom is 0.224 e. The summed E-state index contributed by atoms with van der Waals surface area (Å²) in [7, 11) is 0. The Morgan fingerprint density at radius 1 is 0.938 bits per heavy atom. The Bertz CT molecular complexity index is 462. The molecule has 0 aromatic carbocycles. The Kier molecular flexibility index (Phi) is 2.70.